The highest BCUT2D eigenvalue weighted by Crippen LogP contribution is 2.43. The normalized spacial score (nSPS) is 25.2. The van der Waals surface area contributed by atoms with Crippen LogP contribution in [0.4, 0.5) is 8.78 Å². The van der Waals surface area contributed by atoms with Gasteiger partial charge in [0.25, 0.3) is 5.56 Å². The second-order valence-electron chi connectivity index (χ2n) is 8.88. The molecule has 4 atom stereocenters. The van der Waals surface area contributed by atoms with E-state index in [1.54, 1.807) is 26.0 Å². The maximum absolute atomic E-state index is 14.7. The molecule has 2 aromatic heterocycles. The van der Waals surface area contributed by atoms with Crippen LogP contribution in [0.15, 0.2) is 46.2 Å². The highest BCUT2D eigenvalue weighted by atomic mass is 127. The van der Waals surface area contributed by atoms with Crippen LogP contribution in [0.25, 0.3) is 0 Å². The number of nitrogens with zero attached hydrogens (tertiary/aromatic N) is 5. The van der Waals surface area contributed by atoms with Crippen LogP contribution in [0.3, 0.4) is 0 Å². The molecule has 0 aliphatic carbocycles. The number of aromatic nitrogens is 5. The summed E-state index contributed by atoms with van der Waals surface area (Å²) in [5.41, 5.74) is -0.785. The van der Waals surface area contributed by atoms with Crippen molar-refractivity contribution in [1.82, 2.24) is 24.1 Å². The van der Waals surface area contributed by atoms with Gasteiger partial charge in [0, 0.05) is 4.43 Å². The quantitative estimate of drug-likeness (QED) is 0.314. The largest absolute Gasteiger partial charge is 0.348 e. The number of alkyl halides is 1. The van der Waals surface area contributed by atoms with Gasteiger partial charge in [-0.1, -0.05) is 39.9 Å². The lowest BCUT2D eigenvalue weighted by Crippen LogP contribution is -2.45. The SMILES string of the molecule is CC1(C)OC2C(CI)OC(n3cc(F)c(=O)n(Cc4cn(Cc5ccc(F)cc5)nn4)c3=O)C2O1. The second kappa shape index (κ2) is 9.19. The van der Waals surface area contributed by atoms with E-state index in [9.17, 15) is 18.4 Å². The zero-order chi connectivity index (χ0) is 24.9. The van der Waals surface area contributed by atoms with Crippen molar-refractivity contribution in [2.24, 2.45) is 0 Å². The van der Waals surface area contributed by atoms with Crippen molar-refractivity contribution in [2.75, 3.05) is 4.43 Å². The molecule has 2 aliphatic heterocycles. The Hall–Kier alpha value is -2.49. The summed E-state index contributed by atoms with van der Waals surface area (Å²) in [7, 11) is 0. The predicted molar refractivity (Wildman–Crippen MR) is 126 cm³/mol. The number of ether oxygens (including phenoxy) is 3. The fraction of sp³-hybridized carbons (Fsp3) is 0.455. The van der Waals surface area contributed by atoms with Crippen LogP contribution < -0.4 is 11.2 Å². The smallest absolute Gasteiger partial charge is 0.333 e. The van der Waals surface area contributed by atoms with E-state index in [2.05, 4.69) is 32.9 Å². The molecule has 5 rings (SSSR count). The van der Waals surface area contributed by atoms with E-state index in [4.69, 9.17) is 14.2 Å². The maximum atomic E-state index is 14.7. The minimum absolute atomic E-state index is 0.278. The molecular formula is C22H22F2IN5O5. The number of rotatable bonds is 6. The molecule has 13 heteroatoms. The van der Waals surface area contributed by atoms with Crippen molar-refractivity contribution in [3.05, 3.63) is 80.4 Å². The van der Waals surface area contributed by atoms with Gasteiger partial charge in [0.1, 0.15) is 23.7 Å². The fourth-order valence-electron chi connectivity index (χ4n) is 4.34. The zero-order valence-electron chi connectivity index (χ0n) is 18.8. The summed E-state index contributed by atoms with van der Waals surface area (Å²) in [5, 5.41) is 7.98. The molecule has 4 heterocycles. The van der Waals surface area contributed by atoms with Gasteiger partial charge in [-0.3, -0.25) is 13.9 Å². The van der Waals surface area contributed by atoms with E-state index in [1.807, 2.05) is 0 Å². The predicted octanol–water partition coefficient (Wildman–Crippen LogP) is 1.83. The highest BCUT2D eigenvalue weighted by molar-refractivity contribution is 14.1. The monoisotopic (exact) mass is 601 g/mol. The van der Waals surface area contributed by atoms with Gasteiger partial charge in [0.15, 0.2) is 12.0 Å². The van der Waals surface area contributed by atoms with Crippen LogP contribution in [-0.4, -0.2) is 52.7 Å². The Morgan fingerprint density at radius 2 is 1.77 bits per heavy atom. The van der Waals surface area contributed by atoms with E-state index in [0.717, 1.165) is 20.9 Å². The summed E-state index contributed by atoms with van der Waals surface area (Å²) in [5.74, 6) is -2.35. The van der Waals surface area contributed by atoms with Gasteiger partial charge in [-0.15, -0.1) is 5.10 Å². The van der Waals surface area contributed by atoms with E-state index < -0.39 is 41.3 Å². The third-order valence-corrected chi connectivity index (χ3v) is 6.74. The van der Waals surface area contributed by atoms with Gasteiger partial charge in [0.2, 0.25) is 5.82 Å². The van der Waals surface area contributed by atoms with E-state index in [1.165, 1.54) is 23.0 Å². The summed E-state index contributed by atoms with van der Waals surface area (Å²) in [6.07, 6.45) is -0.0372. The molecule has 0 amide bonds. The lowest BCUT2D eigenvalue weighted by molar-refractivity contribution is -0.194. The van der Waals surface area contributed by atoms with E-state index in [0.29, 0.717) is 11.0 Å². The van der Waals surface area contributed by atoms with E-state index in [-0.39, 0.29) is 24.2 Å². The molecular weight excluding hydrogens is 579 g/mol. The number of halogens is 3. The topological polar surface area (TPSA) is 102 Å². The van der Waals surface area contributed by atoms with Crippen molar-refractivity contribution < 1.29 is 23.0 Å². The Labute approximate surface area is 211 Å². The molecule has 10 nitrogen and oxygen atoms in total. The molecule has 0 bridgehead atoms. The van der Waals surface area contributed by atoms with Crippen molar-refractivity contribution in [3.63, 3.8) is 0 Å². The van der Waals surface area contributed by atoms with Gasteiger partial charge >= 0.3 is 5.69 Å². The summed E-state index contributed by atoms with van der Waals surface area (Å²) in [4.78, 5) is 25.8. The van der Waals surface area contributed by atoms with E-state index >= 15 is 0 Å². The summed E-state index contributed by atoms with van der Waals surface area (Å²) < 4.78 is 49.5. The molecule has 0 N–H and O–H groups in total. The minimum Gasteiger partial charge on any atom is -0.348 e. The summed E-state index contributed by atoms with van der Waals surface area (Å²) in [6, 6.07) is 5.89. The Morgan fingerprint density at radius 3 is 2.49 bits per heavy atom. The van der Waals surface area contributed by atoms with Crippen LogP contribution in [0.5, 0.6) is 0 Å². The number of benzene rings is 1. The van der Waals surface area contributed by atoms with Crippen molar-refractivity contribution in [2.45, 2.75) is 57.3 Å². The van der Waals surface area contributed by atoms with Crippen LogP contribution in [0, 0.1) is 11.6 Å². The molecule has 2 saturated heterocycles. The second-order valence-corrected chi connectivity index (χ2v) is 9.76. The maximum Gasteiger partial charge on any atom is 0.333 e. The summed E-state index contributed by atoms with van der Waals surface area (Å²) >= 11 is 2.15. The van der Waals surface area contributed by atoms with Gasteiger partial charge in [-0.2, -0.15) is 4.39 Å². The number of fused-ring (bicyclic) bond motifs is 1. The first kappa shape index (κ1) is 24.2. The fourth-order valence-corrected chi connectivity index (χ4v) is 5.05. The molecule has 0 spiro atoms. The Kier molecular flexibility index (Phi) is 6.35. The van der Waals surface area contributed by atoms with Crippen molar-refractivity contribution in [3.8, 4) is 0 Å². The molecule has 1 aromatic carbocycles. The minimum atomic E-state index is -1.11. The third-order valence-electron chi connectivity index (χ3n) is 5.87. The van der Waals surface area contributed by atoms with Gasteiger partial charge in [-0.25, -0.2) is 13.9 Å². The summed E-state index contributed by atoms with van der Waals surface area (Å²) in [6.45, 7) is 3.52. The molecule has 186 valence electrons. The molecule has 35 heavy (non-hydrogen) atoms. The lowest BCUT2D eigenvalue weighted by atomic mass is 10.1. The zero-order valence-corrected chi connectivity index (χ0v) is 21.0. The van der Waals surface area contributed by atoms with Gasteiger partial charge in [-0.05, 0) is 31.5 Å². The molecule has 2 aliphatic rings. The first-order valence-electron chi connectivity index (χ1n) is 10.9. The standard InChI is InChI=1S/C22H22F2IN5O5/c1-22(2)34-17-16(7-25)33-20(18(17)35-22)30-11-15(24)19(31)29(21(30)32)10-14-9-28(27-26-14)8-12-3-5-13(23)6-4-12/h3-6,9,11,16-18,20H,7-8,10H2,1-2H3. The third kappa shape index (κ3) is 4.69. The Morgan fingerprint density at radius 1 is 1.06 bits per heavy atom. The number of hydrogen-bond donors (Lipinski definition) is 0. The van der Waals surface area contributed by atoms with Crippen LogP contribution >= 0.6 is 22.6 Å². The lowest BCUT2D eigenvalue weighted by Gasteiger charge is -2.24. The Bertz CT molecular complexity index is 1360. The molecule has 4 unspecified atom stereocenters. The molecule has 0 radical (unpaired) electrons. The van der Waals surface area contributed by atoms with Crippen molar-refractivity contribution in [1.29, 1.82) is 0 Å². The van der Waals surface area contributed by atoms with Gasteiger partial charge < -0.3 is 14.2 Å². The average Bonchev–Trinajstić information content (AvgIpc) is 3.48. The molecule has 3 aromatic rings. The first-order valence-corrected chi connectivity index (χ1v) is 12.4. The number of hydrogen-bond acceptors (Lipinski definition) is 7. The molecule has 2 fully saturated rings. The molecule has 0 saturated carbocycles. The van der Waals surface area contributed by atoms with Crippen molar-refractivity contribution >= 4 is 22.6 Å². The van der Waals surface area contributed by atoms with Crippen LogP contribution in [0.2, 0.25) is 0 Å². The van der Waals surface area contributed by atoms with Crippen LogP contribution in [-0.2, 0) is 27.3 Å². The first-order chi connectivity index (χ1) is 16.6. The van der Waals surface area contributed by atoms with Crippen LogP contribution in [0.1, 0.15) is 31.3 Å². The Balaban J connectivity index is 1.43. The highest BCUT2D eigenvalue weighted by Gasteiger charge is 2.55. The van der Waals surface area contributed by atoms with Gasteiger partial charge in [0.05, 0.1) is 31.6 Å². The average molecular weight is 601 g/mol.